The van der Waals surface area contributed by atoms with Crippen molar-refractivity contribution in [2.24, 2.45) is 5.92 Å². The summed E-state index contributed by atoms with van der Waals surface area (Å²) >= 11 is 1.70. The fourth-order valence-corrected chi connectivity index (χ4v) is 4.37. The van der Waals surface area contributed by atoms with Gasteiger partial charge in [-0.25, -0.2) is 4.98 Å². The normalized spacial score (nSPS) is 24.4. The second kappa shape index (κ2) is 7.68. The lowest BCUT2D eigenvalue weighted by molar-refractivity contribution is -0.127. The molecule has 0 bridgehead atoms. The number of nitrogens with zero attached hydrogens (tertiary/aromatic N) is 2. The van der Waals surface area contributed by atoms with Crippen LogP contribution < -0.4 is 10.2 Å². The van der Waals surface area contributed by atoms with E-state index >= 15 is 0 Å². The second-order valence-corrected chi connectivity index (χ2v) is 7.57. The van der Waals surface area contributed by atoms with Crippen LogP contribution in [-0.2, 0) is 14.3 Å². The van der Waals surface area contributed by atoms with E-state index in [0.717, 1.165) is 36.6 Å². The van der Waals surface area contributed by atoms with Crippen molar-refractivity contribution in [1.29, 1.82) is 0 Å². The van der Waals surface area contributed by atoms with E-state index in [4.69, 9.17) is 14.5 Å². The van der Waals surface area contributed by atoms with Crippen molar-refractivity contribution in [2.45, 2.75) is 18.9 Å². The first-order chi connectivity index (χ1) is 12.3. The van der Waals surface area contributed by atoms with Crippen molar-refractivity contribution in [2.75, 3.05) is 44.4 Å². The lowest BCUT2D eigenvalue weighted by Gasteiger charge is -2.32. The van der Waals surface area contributed by atoms with Crippen LogP contribution in [0.3, 0.4) is 0 Å². The van der Waals surface area contributed by atoms with Crippen LogP contribution in [0.15, 0.2) is 24.3 Å². The Hall–Kier alpha value is -1.70. The van der Waals surface area contributed by atoms with Crippen LogP contribution in [0.4, 0.5) is 5.13 Å². The van der Waals surface area contributed by atoms with Gasteiger partial charge in [0.2, 0.25) is 5.91 Å². The molecule has 2 aromatic rings. The van der Waals surface area contributed by atoms with Crippen molar-refractivity contribution < 1.29 is 14.3 Å². The summed E-state index contributed by atoms with van der Waals surface area (Å²) in [6.07, 6.45) is 1.91. The Balaban J connectivity index is 1.35. The van der Waals surface area contributed by atoms with Crippen LogP contribution in [0.1, 0.15) is 12.8 Å². The van der Waals surface area contributed by atoms with Gasteiger partial charge in [0.05, 0.1) is 42.1 Å². The number of para-hydroxylation sites is 1. The van der Waals surface area contributed by atoms with Crippen molar-refractivity contribution in [3.63, 3.8) is 0 Å². The minimum absolute atomic E-state index is 0.00488. The van der Waals surface area contributed by atoms with Crippen LogP contribution in [0, 0.1) is 5.92 Å². The minimum Gasteiger partial charge on any atom is -0.376 e. The van der Waals surface area contributed by atoms with Gasteiger partial charge in [-0.2, -0.15) is 0 Å². The number of fused-ring (bicyclic) bond motifs is 1. The minimum atomic E-state index is -0.0262. The van der Waals surface area contributed by atoms with Gasteiger partial charge < -0.3 is 19.7 Å². The Bertz CT molecular complexity index is 696. The first kappa shape index (κ1) is 16.8. The van der Waals surface area contributed by atoms with E-state index in [-0.39, 0.29) is 17.9 Å². The van der Waals surface area contributed by atoms with Crippen LogP contribution in [0.5, 0.6) is 0 Å². The van der Waals surface area contributed by atoms with Crippen molar-refractivity contribution in [3.8, 4) is 0 Å². The van der Waals surface area contributed by atoms with Crippen molar-refractivity contribution in [1.82, 2.24) is 10.3 Å². The molecule has 0 unspecified atom stereocenters. The number of rotatable bonds is 4. The van der Waals surface area contributed by atoms with E-state index in [1.807, 2.05) is 18.2 Å². The molecule has 0 spiro atoms. The molecule has 0 radical (unpaired) electrons. The summed E-state index contributed by atoms with van der Waals surface area (Å²) in [4.78, 5) is 19.5. The van der Waals surface area contributed by atoms with Gasteiger partial charge in [0.15, 0.2) is 5.13 Å². The van der Waals surface area contributed by atoms with Crippen LogP contribution in [0.25, 0.3) is 10.2 Å². The smallest absolute Gasteiger partial charge is 0.224 e. The van der Waals surface area contributed by atoms with Crippen LogP contribution >= 0.6 is 11.3 Å². The van der Waals surface area contributed by atoms with Gasteiger partial charge in [-0.05, 0) is 25.0 Å². The van der Waals surface area contributed by atoms with Crippen LogP contribution in [-0.4, -0.2) is 56.5 Å². The van der Waals surface area contributed by atoms with E-state index in [1.165, 1.54) is 4.70 Å². The third kappa shape index (κ3) is 3.94. The maximum absolute atomic E-state index is 12.5. The number of ether oxygens (including phenoxy) is 2. The van der Waals surface area contributed by atoms with Gasteiger partial charge >= 0.3 is 0 Å². The maximum atomic E-state index is 12.5. The predicted octanol–water partition coefficient (Wildman–Crippen LogP) is 2.04. The first-order valence-corrected chi connectivity index (χ1v) is 9.69. The van der Waals surface area contributed by atoms with Gasteiger partial charge in [0.25, 0.3) is 0 Å². The number of benzene rings is 1. The van der Waals surface area contributed by atoms with E-state index < -0.39 is 0 Å². The zero-order valence-corrected chi connectivity index (χ0v) is 15.0. The third-order valence-electron chi connectivity index (χ3n) is 4.73. The number of anilines is 1. The first-order valence-electron chi connectivity index (χ1n) is 8.87. The van der Waals surface area contributed by atoms with Gasteiger partial charge in [0.1, 0.15) is 0 Å². The lowest BCUT2D eigenvalue weighted by atomic mass is 9.97. The van der Waals surface area contributed by atoms with Gasteiger partial charge in [0, 0.05) is 19.6 Å². The predicted molar refractivity (Wildman–Crippen MR) is 98.1 cm³/mol. The fourth-order valence-electron chi connectivity index (χ4n) is 3.37. The molecule has 4 rings (SSSR count). The molecule has 2 saturated heterocycles. The summed E-state index contributed by atoms with van der Waals surface area (Å²) in [6.45, 7) is 4.02. The van der Waals surface area contributed by atoms with Crippen molar-refractivity contribution >= 4 is 32.6 Å². The molecule has 2 fully saturated rings. The van der Waals surface area contributed by atoms with Crippen molar-refractivity contribution in [3.05, 3.63) is 24.3 Å². The zero-order valence-electron chi connectivity index (χ0n) is 14.1. The van der Waals surface area contributed by atoms with Gasteiger partial charge in [-0.15, -0.1) is 0 Å². The molecule has 0 saturated carbocycles. The van der Waals surface area contributed by atoms with E-state index in [2.05, 4.69) is 16.3 Å². The number of hydrogen-bond acceptors (Lipinski definition) is 6. The quantitative estimate of drug-likeness (QED) is 0.903. The number of piperidine rings is 1. The number of thiazole rings is 1. The second-order valence-electron chi connectivity index (χ2n) is 6.56. The van der Waals surface area contributed by atoms with E-state index in [1.54, 1.807) is 11.3 Å². The average molecular weight is 361 g/mol. The molecule has 7 heteroatoms. The summed E-state index contributed by atoms with van der Waals surface area (Å²) < 4.78 is 12.1. The molecule has 25 heavy (non-hydrogen) atoms. The lowest BCUT2D eigenvalue weighted by Crippen LogP contribution is -2.46. The summed E-state index contributed by atoms with van der Waals surface area (Å²) in [7, 11) is 0. The molecule has 0 aliphatic carbocycles. The number of nitrogens with one attached hydrogen (secondary N) is 1. The molecule has 2 aliphatic heterocycles. The third-order valence-corrected chi connectivity index (χ3v) is 5.83. The molecular formula is C18H23N3O3S. The Morgan fingerprint density at radius 1 is 1.36 bits per heavy atom. The number of hydrogen-bond donors (Lipinski definition) is 1. The zero-order chi connectivity index (χ0) is 17.1. The number of aromatic nitrogens is 1. The summed E-state index contributed by atoms with van der Waals surface area (Å²) in [5.41, 5.74) is 1.03. The highest BCUT2D eigenvalue weighted by Gasteiger charge is 2.28. The molecule has 1 aromatic carbocycles. The molecule has 134 valence electrons. The van der Waals surface area contributed by atoms with Gasteiger partial charge in [-0.1, -0.05) is 23.5 Å². The number of carbonyl (C=O) groups is 1. The molecule has 2 atom stereocenters. The topological polar surface area (TPSA) is 63.7 Å². The maximum Gasteiger partial charge on any atom is 0.224 e. The molecule has 1 amide bonds. The Morgan fingerprint density at radius 2 is 2.28 bits per heavy atom. The highest BCUT2D eigenvalue weighted by atomic mass is 32.1. The highest BCUT2D eigenvalue weighted by molar-refractivity contribution is 7.22. The molecule has 3 heterocycles. The summed E-state index contributed by atoms with van der Waals surface area (Å²) in [5, 5.41) is 4.05. The fraction of sp³-hybridized carbons (Fsp3) is 0.556. The molecule has 2 aliphatic rings. The van der Waals surface area contributed by atoms with Crippen LogP contribution in [0.2, 0.25) is 0 Å². The molecular weight excluding hydrogens is 338 g/mol. The summed E-state index contributed by atoms with van der Waals surface area (Å²) in [5.74, 6) is 0.116. The SMILES string of the molecule is O=C(NC[C@H]1COCCO1)[C@@H]1CCCN(c2nc3ccccc3s2)C1. The van der Waals surface area contributed by atoms with E-state index in [0.29, 0.717) is 26.4 Å². The molecule has 1 aromatic heterocycles. The Kier molecular flexibility index (Phi) is 5.14. The summed E-state index contributed by atoms with van der Waals surface area (Å²) in [6, 6.07) is 8.18. The highest BCUT2D eigenvalue weighted by Crippen LogP contribution is 2.31. The number of amides is 1. The van der Waals surface area contributed by atoms with E-state index in [9.17, 15) is 4.79 Å². The standard InChI is InChI=1S/C18H23N3O3S/c22-17(19-10-14-12-23-8-9-24-14)13-4-3-7-21(11-13)18-20-15-5-1-2-6-16(15)25-18/h1-2,5-6,13-14H,3-4,7-12H2,(H,19,22)/t13-,14+/m1/s1. The monoisotopic (exact) mass is 361 g/mol. The number of carbonyl (C=O) groups excluding carboxylic acids is 1. The average Bonchev–Trinajstić information content (AvgIpc) is 3.11. The Labute approximate surface area is 151 Å². The Morgan fingerprint density at radius 3 is 3.12 bits per heavy atom. The largest absolute Gasteiger partial charge is 0.376 e. The van der Waals surface area contributed by atoms with Gasteiger partial charge in [-0.3, -0.25) is 4.79 Å². The molecule has 1 N–H and O–H groups in total. The molecule has 6 nitrogen and oxygen atoms in total.